The molecule has 4 nitrogen and oxygen atoms in total. The quantitative estimate of drug-likeness (QED) is 0.888. The highest BCUT2D eigenvalue weighted by molar-refractivity contribution is 5.84. The number of amides is 1. The Balaban J connectivity index is 1.40. The van der Waals surface area contributed by atoms with Crippen LogP contribution in [0.2, 0.25) is 0 Å². The van der Waals surface area contributed by atoms with Crippen molar-refractivity contribution in [3.63, 3.8) is 0 Å². The highest BCUT2D eigenvalue weighted by Gasteiger charge is 2.51. The number of hydrogen-bond donors (Lipinski definition) is 1. The molecule has 1 aromatic rings. The van der Waals surface area contributed by atoms with Crippen molar-refractivity contribution in [3.8, 4) is 0 Å². The number of likely N-dealkylation sites (tertiary alicyclic amines) is 1. The first-order chi connectivity index (χ1) is 12.3. The first-order valence-corrected chi connectivity index (χ1v) is 8.94. The summed E-state index contributed by atoms with van der Waals surface area (Å²) in [5.74, 6) is -1.22. The maximum absolute atomic E-state index is 12.7. The lowest BCUT2D eigenvalue weighted by Gasteiger charge is -2.16. The molecule has 0 spiro atoms. The van der Waals surface area contributed by atoms with Crippen molar-refractivity contribution in [2.45, 2.75) is 31.4 Å². The molecule has 4 atom stereocenters. The molecule has 26 heavy (non-hydrogen) atoms. The van der Waals surface area contributed by atoms with Gasteiger partial charge < -0.3 is 10.0 Å². The minimum Gasteiger partial charge on any atom is -0.481 e. The van der Waals surface area contributed by atoms with Gasteiger partial charge in [0, 0.05) is 19.0 Å². The number of benzene rings is 1. The van der Waals surface area contributed by atoms with E-state index in [2.05, 4.69) is 0 Å². The van der Waals surface area contributed by atoms with E-state index in [0.29, 0.717) is 18.9 Å². The fourth-order valence-corrected chi connectivity index (χ4v) is 4.26. The third kappa shape index (κ3) is 3.19. The second-order valence-corrected chi connectivity index (χ2v) is 7.76. The Morgan fingerprint density at radius 1 is 1.04 bits per heavy atom. The molecule has 3 aliphatic rings. The molecule has 0 radical (unpaired) electrons. The van der Waals surface area contributed by atoms with Gasteiger partial charge >= 0.3 is 12.1 Å². The minimum absolute atomic E-state index is 0.0414. The molecule has 1 heterocycles. The summed E-state index contributed by atoms with van der Waals surface area (Å²) in [4.78, 5) is 25.9. The first-order valence-electron chi connectivity index (χ1n) is 8.94. The Labute approximate surface area is 149 Å². The van der Waals surface area contributed by atoms with Gasteiger partial charge in [0.1, 0.15) is 0 Å². The van der Waals surface area contributed by atoms with E-state index in [9.17, 15) is 27.9 Å². The fraction of sp³-hybridized carbons (Fsp3) is 0.579. The lowest BCUT2D eigenvalue weighted by molar-refractivity contribution is -0.143. The van der Waals surface area contributed by atoms with Gasteiger partial charge in [0.2, 0.25) is 5.91 Å². The van der Waals surface area contributed by atoms with Crippen LogP contribution in [0, 0.1) is 23.7 Å². The van der Waals surface area contributed by atoms with Gasteiger partial charge in [0.15, 0.2) is 0 Å². The molecule has 3 fully saturated rings. The molecule has 140 valence electrons. The van der Waals surface area contributed by atoms with Gasteiger partial charge in [-0.25, -0.2) is 0 Å². The summed E-state index contributed by atoms with van der Waals surface area (Å²) >= 11 is 0. The number of carboxylic acids is 1. The van der Waals surface area contributed by atoms with E-state index in [1.807, 2.05) is 0 Å². The average molecular weight is 367 g/mol. The number of nitrogens with zero attached hydrogens (tertiary/aromatic N) is 1. The fourth-order valence-electron chi connectivity index (χ4n) is 4.26. The van der Waals surface area contributed by atoms with Gasteiger partial charge in [-0.15, -0.1) is 0 Å². The second-order valence-electron chi connectivity index (χ2n) is 7.76. The number of rotatable bonds is 4. The van der Waals surface area contributed by atoms with Crippen LogP contribution in [0.15, 0.2) is 24.3 Å². The van der Waals surface area contributed by atoms with Crippen LogP contribution in [-0.2, 0) is 15.8 Å². The SMILES string of the molecule is O=C(O)[C@H]1CN(C(=O)C2CC2c2ccc(C(F)(F)F)cc2)C[C@@H]1C1CC1. The van der Waals surface area contributed by atoms with E-state index in [4.69, 9.17) is 0 Å². The van der Waals surface area contributed by atoms with E-state index >= 15 is 0 Å². The third-order valence-corrected chi connectivity index (χ3v) is 6.00. The zero-order chi connectivity index (χ0) is 18.6. The molecular weight excluding hydrogens is 347 g/mol. The highest BCUT2D eigenvalue weighted by Crippen LogP contribution is 2.51. The Bertz CT molecular complexity index is 727. The maximum atomic E-state index is 12.7. The predicted molar refractivity (Wildman–Crippen MR) is 86.2 cm³/mol. The van der Waals surface area contributed by atoms with Gasteiger partial charge in [-0.2, -0.15) is 13.2 Å². The molecule has 2 saturated carbocycles. The van der Waals surface area contributed by atoms with Gasteiger partial charge in [0.25, 0.3) is 0 Å². The van der Waals surface area contributed by atoms with Crippen LogP contribution in [0.4, 0.5) is 13.2 Å². The molecular formula is C19H20F3NO3. The van der Waals surface area contributed by atoms with Crippen LogP contribution in [-0.4, -0.2) is 35.0 Å². The summed E-state index contributed by atoms with van der Waals surface area (Å²) in [6.45, 7) is 0.752. The van der Waals surface area contributed by atoms with E-state index in [-0.39, 0.29) is 30.2 Å². The van der Waals surface area contributed by atoms with Crippen LogP contribution in [0.1, 0.15) is 36.3 Å². The predicted octanol–water partition coefficient (Wildman–Crippen LogP) is 3.38. The molecule has 0 bridgehead atoms. The zero-order valence-corrected chi connectivity index (χ0v) is 14.1. The Hall–Kier alpha value is -2.05. The van der Waals surface area contributed by atoms with Crippen LogP contribution in [0.3, 0.4) is 0 Å². The zero-order valence-electron chi connectivity index (χ0n) is 14.1. The molecule has 1 saturated heterocycles. The van der Waals surface area contributed by atoms with E-state index in [1.54, 1.807) is 4.90 Å². The van der Waals surface area contributed by atoms with Crippen molar-refractivity contribution in [2.24, 2.45) is 23.7 Å². The largest absolute Gasteiger partial charge is 0.481 e. The Kier molecular flexibility index (Phi) is 4.00. The van der Waals surface area contributed by atoms with E-state index in [1.165, 1.54) is 12.1 Å². The van der Waals surface area contributed by atoms with E-state index < -0.39 is 23.6 Å². The molecule has 1 aliphatic heterocycles. The summed E-state index contributed by atoms with van der Waals surface area (Å²) in [6.07, 6.45) is -1.68. The summed E-state index contributed by atoms with van der Waals surface area (Å²) in [5.41, 5.74) is 0.0463. The normalized spacial score (nSPS) is 31.1. The molecule has 7 heteroatoms. The molecule has 1 N–H and O–H groups in total. The van der Waals surface area contributed by atoms with Crippen molar-refractivity contribution in [3.05, 3.63) is 35.4 Å². The van der Waals surface area contributed by atoms with Crippen molar-refractivity contribution < 1.29 is 27.9 Å². The van der Waals surface area contributed by atoms with Crippen LogP contribution in [0.25, 0.3) is 0 Å². The molecule has 1 aromatic carbocycles. The van der Waals surface area contributed by atoms with Crippen LogP contribution >= 0.6 is 0 Å². The summed E-state index contributed by atoms with van der Waals surface area (Å²) in [7, 11) is 0. The number of halogens is 3. The molecule has 4 rings (SSSR count). The minimum atomic E-state index is -4.36. The number of hydrogen-bond acceptors (Lipinski definition) is 2. The first kappa shape index (κ1) is 17.4. The highest BCUT2D eigenvalue weighted by atomic mass is 19.4. The van der Waals surface area contributed by atoms with Crippen molar-refractivity contribution >= 4 is 11.9 Å². The average Bonchev–Trinajstić information content (AvgIpc) is 3.50. The molecule has 1 amide bonds. The maximum Gasteiger partial charge on any atom is 0.416 e. The number of carbonyl (C=O) groups excluding carboxylic acids is 1. The van der Waals surface area contributed by atoms with E-state index in [0.717, 1.165) is 30.5 Å². The van der Waals surface area contributed by atoms with Gasteiger partial charge in [-0.1, -0.05) is 12.1 Å². The van der Waals surface area contributed by atoms with Gasteiger partial charge in [-0.05, 0) is 54.7 Å². The lowest BCUT2D eigenvalue weighted by atomic mass is 9.92. The second kappa shape index (κ2) is 5.99. The van der Waals surface area contributed by atoms with Crippen LogP contribution in [0.5, 0.6) is 0 Å². The summed E-state index contributed by atoms with van der Waals surface area (Å²) in [6, 6.07) is 4.98. The summed E-state index contributed by atoms with van der Waals surface area (Å²) < 4.78 is 37.9. The number of carboxylic acid groups (broad SMARTS) is 1. The van der Waals surface area contributed by atoms with Gasteiger partial charge in [0.05, 0.1) is 11.5 Å². The van der Waals surface area contributed by atoms with Crippen molar-refractivity contribution in [1.82, 2.24) is 4.90 Å². The summed E-state index contributed by atoms with van der Waals surface area (Å²) in [5, 5.41) is 9.41. The standard InChI is InChI=1S/C19H20F3NO3/c20-19(21,22)12-5-3-10(4-6-12)13-7-14(13)17(24)23-8-15(11-1-2-11)16(9-23)18(25)26/h3-6,11,13-16H,1-2,7-9H2,(H,25,26)/t13?,14?,15-,16+/m1/s1. The van der Waals surface area contributed by atoms with Crippen molar-refractivity contribution in [2.75, 3.05) is 13.1 Å². The van der Waals surface area contributed by atoms with Gasteiger partial charge in [-0.3, -0.25) is 9.59 Å². The third-order valence-electron chi connectivity index (χ3n) is 6.00. The number of aliphatic carboxylic acids is 1. The number of alkyl halides is 3. The number of carbonyl (C=O) groups is 2. The molecule has 2 aliphatic carbocycles. The Morgan fingerprint density at radius 2 is 1.69 bits per heavy atom. The molecule has 0 aromatic heterocycles. The smallest absolute Gasteiger partial charge is 0.416 e. The molecule has 2 unspecified atom stereocenters. The monoisotopic (exact) mass is 367 g/mol. The topological polar surface area (TPSA) is 57.6 Å². The Morgan fingerprint density at radius 3 is 2.23 bits per heavy atom. The van der Waals surface area contributed by atoms with Crippen molar-refractivity contribution in [1.29, 1.82) is 0 Å². The van der Waals surface area contributed by atoms with Crippen LogP contribution < -0.4 is 0 Å². The lowest BCUT2D eigenvalue weighted by Crippen LogP contribution is -2.31.